The van der Waals surface area contributed by atoms with Gasteiger partial charge in [-0.15, -0.1) is 0 Å². The molecule has 0 saturated heterocycles. The zero-order chi connectivity index (χ0) is 30.5. The molecule has 0 spiro atoms. The summed E-state index contributed by atoms with van der Waals surface area (Å²) in [5.74, 6) is -0.211. The number of pyridine rings is 1. The number of carbonyl (C=O) groups is 2. The first-order valence-corrected chi connectivity index (χ1v) is 14.6. The Morgan fingerprint density at radius 3 is 2.23 bits per heavy atom. The van der Waals surface area contributed by atoms with Crippen LogP contribution in [0.4, 0.5) is 18.9 Å². The van der Waals surface area contributed by atoms with Crippen molar-refractivity contribution in [3.05, 3.63) is 77.1 Å². The first-order valence-electron chi connectivity index (χ1n) is 14.6. The normalized spacial score (nSPS) is 15.8. The Kier molecular flexibility index (Phi) is 7.18. The first kappa shape index (κ1) is 28.8. The van der Waals surface area contributed by atoms with Crippen LogP contribution in [0.15, 0.2) is 54.9 Å². The molecule has 2 fully saturated rings. The van der Waals surface area contributed by atoms with E-state index < -0.39 is 12.6 Å². The molecule has 0 aliphatic heterocycles. The number of rotatable bonds is 9. The van der Waals surface area contributed by atoms with Crippen LogP contribution in [0.2, 0.25) is 0 Å². The third kappa shape index (κ3) is 6.38. The minimum atomic E-state index is -4.29. The predicted molar refractivity (Wildman–Crippen MR) is 160 cm³/mol. The smallest absolute Gasteiger partial charge is 0.382 e. The van der Waals surface area contributed by atoms with Crippen molar-refractivity contribution in [3.8, 4) is 22.4 Å². The topological polar surface area (TPSA) is 87.5 Å². The minimum absolute atomic E-state index is 0.0955. The lowest BCUT2D eigenvalue weighted by Crippen LogP contribution is -2.34. The van der Waals surface area contributed by atoms with Crippen molar-refractivity contribution in [1.29, 1.82) is 0 Å². The van der Waals surface area contributed by atoms with Crippen molar-refractivity contribution < 1.29 is 22.8 Å². The number of hydrogen-bond acceptors (Lipinski definition) is 4. The number of anilines is 1. The molecule has 2 aromatic heterocycles. The van der Waals surface area contributed by atoms with Gasteiger partial charge in [-0.2, -0.15) is 13.2 Å². The van der Waals surface area contributed by atoms with Crippen molar-refractivity contribution in [2.75, 3.05) is 11.9 Å². The highest BCUT2D eigenvalue weighted by Gasteiger charge is 2.39. The number of fused-ring (bicyclic) bond motifs is 1. The highest BCUT2D eigenvalue weighted by molar-refractivity contribution is 5.97. The number of halogens is 3. The van der Waals surface area contributed by atoms with Crippen LogP contribution >= 0.6 is 0 Å². The largest absolute Gasteiger partial charge is 0.390 e. The lowest BCUT2D eigenvalue weighted by Gasteiger charge is -2.16. The first-order chi connectivity index (χ1) is 20.4. The molecule has 10 heteroatoms. The summed E-state index contributed by atoms with van der Waals surface area (Å²) in [5, 5.41) is 9.04. The van der Waals surface area contributed by atoms with Gasteiger partial charge >= 0.3 is 6.18 Å². The van der Waals surface area contributed by atoms with E-state index in [1.54, 1.807) is 24.4 Å². The molecule has 0 atom stereocenters. The number of alkyl halides is 3. The molecule has 0 unspecified atom stereocenters. The van der Waals surface area contributed by atoms with Crippen LogP contribution in [-0.4, -0.2) is 45.5 Å². The Labute approximate surface area is 247 Å². The summed E-state index contributed by atoms with van der Waals surface area (Å²) in [7, 11) is 0. The van der Waals surface area contributed by atoms with Gasteiger partial charge in [0.25, 0.3) is 11.8 Å². The molecule has 3 N–H and O–H groups in total. The third-order valence-corrected chi connectivity index (χ3v) is 8.23. The third-order valence-electron chi connectivity index (χ3n) is 8.23. The molecule has 2 heterocycles. The summed E-state index contributed by atoms with van der Waals surface area (Å²) < 4.78 is 40.8. The maximum Gasteiger partial charge on any atom is 0.390 e. The standard InChI is InChI=1S/C33H34F3N5O2/c1-19-14-21(4-8-26(19)31(43)40-32(3)10-11-32)23-16-27(37-13-12-33(34,35)36)29-38-17-28(41(29)18-23)22-5-9-25(20(2)15-22)30(42)39-24-6-7-24/h4-5,8-9,14-18,24,37H,6-7,10-13H2,1-3H3,(H,39,42)(H,40,43). The van der Waals surface area contributed by atoms with E-state index in [1.165, 1.54) is 0 Å². The fourth-order valence-corrected chi connectivity index (χ4v) is 5.25. The van der Waals surface area contributed by atoms with E-state index in [9.17, 15) is 22.8 Å². The van der Waals surface area contributed by atoms with Gasteiger partial charge in [0.2, 0.25) is 0 Å². The number of nitrogens with zero attached hydrogens (tertiary/aromatic N) is 2. The Bertz CT molecular complexity index is 1730. The van der Waals surface area contributed by atoms with Crippen molar-refractivity contribution in [2.24, 2.45) is 0 Å². The van der Waals surface area contributed by atoms with E-state index >= 15 is 0 Å². The fraction of sp³-hybridized carbons (Fsp3) is 0.364. The maximum atomic E-state index is 13.0. The highest BCUT2D eigenvalue weighted by Crippen LogP contribution is 2.35. The summed E-state index contributed by atoms with van der Waals surface area (Å²) >= 11 is 0. The molecular weight excluding hydrogens is 555 g/mol. The SMILES string of the molecule is Cc1cc(-c2cnc3c(NCCC(F)(F)F)cc(-c4ccc(C(=O)NC5(C)CC5)c(C)c4)cn23)ccc1C(=O)NC1CC1. The lowest BCUT2D eigenvalue weighted by atomic mass is 9.99. The number of imidazole rings is 1. The molecule has 43 heavy (non-hydrogen) atoms. The number of carbonyl (C=O) groups excluding carboxylic acids is 2. The molecule has 224 valence electrons. The number of nitrogens with one attached hydrogen (secondary N) is 3. The van der Waals surface area contributed by atoms with E-state index in [4.69, 9.17) is 0 Å². The van der Waals surface area contributed by atoms with Crippen molar-refractivity contribution in [3.63, 3.8) is 0 Å². The molecular formula is C33H34F3N5O2. The quantitative estimate of drug-likeness (QED) is 0.200. The summed E-state index contributed by atoms with van der Waals surface area (Å²) in [6.07, 6.45) is 2.23. The van der Waals surface area contributed by atoms with Gasteiger partial charge in [-0.05, 0) is 87.4 Å². The van der Waals surface area contributed by atoms with Crippen LogP contribution in [-0.2, 0) is 0 Å². The minimum Gasteiger partial charge on any atom is -0.382 e. The fourth-order valence-electron chi connectivity index (χ4n) is 5.25. The second-order valence-corrected chi connectivity index (χ2v) is 12.1. The van der Waals surface area contributed by atoms with Crippen molar-refractivity contribution in [1.82, 2.24) is 20.0 Å². The Morgan fingerprint density at radius 2 is 1.60 bits per heavy atom. The number of hydrogen-bond donors (Lipinski definition) is 3. The maximum absolute atomic E-state index is 13.0. The summed E-state index contributed by atoms with van der Waals surface area (Å²) in [5.41, 5.74) is 6.74. The van der Waals surface area contributed by atoms with Crippen LogP contribution in [0, 0.1) is 13.8 Å². The monoisotopic (exact) mass is 589 g/mol. The van der Waals surface area contributed by atoms with Crippen LogP contribution < -0.4 is 16.0 Å². The van der Waals surface area contributed by atoms with Gasteiger partial charge in [-0.1, -0.05) is 18.2 Å². The zero-order valence-corrected chi connectivity index (χ0v) is 24.4. The van der Waals surface area contributed by atoms with Gasteiger partial charge in [0.15, 0.2) is 5.65 Å². The molecule has 4 aromatic rings. The van der Waals surface area contributed by atoms with E-state index in [0.29, 0.717) is 22.5 Å². The molecule has 2 aliphatic rings. The molecule has 2 saturated carbocycles. The molecule has 7 nitrogen and oxygen atoms in total. The van der Waals surface area contributed by atoms with Gasteiger partial charge in [-0.3, -0.25) is 14.0 Å². The summed E-state index contributed by atoms with van der Waals surface area (Å²) in [4.78, 5) is 30.1. The van der Waals surface area contributed by atoms with E-state index in [-0.39, 0.29) is 29.9 Å². The number of amides is 2. The Balaban J connectivity index is 1.37. The second-order valence-electron chi connectivity index (χ2n) is 12.1. The molecule has 0 radical (unpaired) electrons. The Hall–Kier alpha value is -4.34. The lowest BCUT2D eigenvalue weighted by molar-refractivity contribution is -0.131. The van der Waals surface area contributed by atoms with Gasteiger partial charge in [0.05, 0.1) is 24.0 Å². The number of aryl methyl sites for hydroxylation is 2. The van der Waals surface area contributed by atoms with E-state index in [2.05, 4.69) is 20.9 Å². The van der Waals surface area contributed by atoms with Gasteiger partial charge < -0.3 is 16.0 Å². The average molecular weight is 590 g/mol. The molecule has 6 rings (SSSR count). The molecule has 2 aromatic carbocycles. The average Bonchev–Trinajstić information content (AvgIpc) is 3.85. The second kappa shape index (κ2) is 10.7. The molecule has 2 aliphatic carbocycles. The van der Waals surface area contributed by atoms with Crippen LogP contribution in [0.1, 0.15) is 70.9 Å². The van der Waals surface area contributed by atoms with Gasteiger partial charge in [-0.25, -0.2) is 4.98 Å². The van der Waals surface area contributed by atoms with Crippen LogP contribution in [0.5, 0.6) is 0 Å². The van der Waals surface area contributed by atoms with Crippen LogP contribution in [0.3, 0.4) is 0 Å². The summed E-state index contributed by atoms with van der Waals surface area (Å²) in [6.45, 7) is 5.48. The predicted octanol–water partition coefficient (Wildman–Crippen LogP) is 6.82. The molecule has 0 bridgehead atoms. The van der Waals surface area contributed by atoms with Crippen LogP contribution in [0.25, 0.3) is 28.0 Å². The van der Waals surface area contributed by atoms with E-state index in [1.807, 2.05) is 55.6 Å². The van der Waals surface area contributed by atoms with Gasteiger partial charge in [0, 0.05) is 46.6 Å². The summed E-state index contributed by atoms with van der Waals surface area (Å²) in [6, 6.07) is 13.2. The number of benzene rings is 2. The van der Waals surface area contributed by atoms with Crippen molar-refractivity contribution >= 4 is 23.1 Å². The zero-order valence-electron chi connectivity index (χ0n) is 24.4. The van der Waals surface area contributed by atoms with Crippen molar-refractivity contribution in [2.45, 2.75) is 70.6 Å². The van der Waals surface area contributed by atoms with E-state index in [0.717, 1.165) is 59.2 Å². The molecule has 2 amide bonds. The highest BCUT2D eigenvalue weighted by atomic mass is 19.4. The Morgan fingerprint density at radius 1 is 0.953 bits per heavy atom. The number of aromatic nitrogens is 2. The van der Waals surface area contributed by atoms with Gasteiger partial charge in [0.1, 0.15) is 0 Å².